The van der Waals surface area contributed by atoms with Crippen molar-refractivity contribution in [3.63, 3.8) is 0 Å². The zero-order valence-electron chi connectivity index (χ0n) is 6.62. The molecule has 7 heteroatoms. The van der Waals surface area contributed by atoms with Crippen molar-refractivity contribution in [2.45, 2.75) is 11.7 Å². The summed E-state index contributed by atoms with van der Waals surface area (Å²) in [5.74, 6) is 0. The molecule has 3 nitrogen and oxygen atoms in total. The maximum absolute atomic E-state index is 12.2. The normalized spacial score (nSPS) is 13.7. The van der Waals surface area contributed by atoms with Gasteiger partial charge in [-0.25, -0.2) is 0 Å². The van der Waals surface area contributed by atoms with Gasteiger partial charge in [0.2, 0.25) is 5.50 Å². The van der Waals surface area contributed by atoms with Crippen LogP contribution in [0.5, 0.6) is 0 Å². The largest absolute Gasteiger partial charge is 0.416 e. The molecule has 0 saturated carbocycles. The van der Waals surface area contributed by atoms with Gasteiger partial charge >= 0.3 is 6.18 Å². The number of halogens is 4. The van der Waals surface area contributed by atoms with E-state index in [0.717, 1.165) is 12.3 Å². The molecule has 0 aliphatic heterocycles. The highest BCUT2D eigenvalue weighted by atomic mass is 35.5. The van der Waals surface area contributed by atoms with Crippen LogP contribution in [0.1, 0.15) is 16.8 Å². The molecule has 76 valence electrons. The monoisotopic (exact) mass is 224 g/mol. The van der Waals surface area contributed by atoms with Crippen molar-refractivity contribution in [2.75, 3.05) is 0 Å². The topological polar surface area (TPSA) is 42.3 Å². The third-order valence-corrected chi connectivity index (χ3v) is 1.75. The lowest BCUT2D eigenvalue weighted by molar-refractivity contribution is -0.137. The van der Waals surface area contributed by atoms with Crippen LogP contribution in [-0.4, -0.2) is 4.98 Å². The lowest BCUT2D eigenvalue weighted by Gasteiger charge is -2.07. The van der Waals surface area contributed by atoms with Gasteiger partial charge in [-0.1, -0.05) is 11.6 Å². The summed E-state index contributed by atoms with van der Waals surface area (Å²) in [5, 5.41) is 2.37. The van der Waals surface area contributed by atoms with E-state index in [1.54, 1.807) is 0 Å². The SMILES string of the molecule is O=NC(Cl)c1cc(C(F)(F)F)ccn1. The van der Waals surface area contributed by atoms with Crippen LogP contribution in [0.15, 0.2) is 23.5 Å². The van der Waals surface area contributed by atoms with E-state index in [4.69, 9.17) is 11.6 Å². The number of hydrogen-bond acceptors (Lipinski definition) is 3. The Morgan fingerprint density at radius 3 is 2.64 bits per heavy atom. The van der Waals surface area contributed by atoms with Gasteiger partial charge in [-0.2, -0.15) is 13.2 Å². The molecule has 0 aromatic carbocycles. The number of aromatic nitrogens is 1. The molecular formula is C7H4ClF3N2O. The molecule has 1 heterocycles. The Hall–Kier alpha value is -1.17. The van der Waals surface area contributed by atoms with Gasteiger partial charge < -0.3 is 0 Å². The van der Waals surface area contributed by atoms with Gasteiger partial charge in [0.25, 0.3) is 0 Å². The molecule has 0 fully saturated rings. The van der Waals surface area contributed by atoms with Crippen LogP contribution < -0.4 is 0 Å². The third-order valence-electron chi connectivity index (χ3n) is 1.45. The molecule has 0 N–H and O–H groups in total. The zero-order chi connectivity index (χ0) is 10.8. The van der Waals surface area contributed by atoms with E-state index >= 15 is 0 Å². The van der Waals surface area contributed by atoms with Gasteiger partial charge in [-0.15, -0.1) is 4.91 Å². The van der Waals surface area contributed by atoms with E-state index < -0.39 is 17.2 Å². The molecule has 1 aromatic rings. The van der Waals surface area contributed by atoms with Crippen molar-refractivity contribution in [3.8, 4) is 0 Å². The Balaban J connectivity index is 3.07. The van der Waals surface area contributed by atoms with Crippen molar-refractivity contribution in [1.82, 2.24) is 4.98 Å². The van der Waals surface area contributed by atoms with Gasteiger partial charge in [0, 0.05) is 6.20 Å². The molecule has 0 spiro atoms. The van der Waals surface area contributed by atoms with Gasteiger partial charge in [0.1, 0.15) is 0 Å². The van der Waals surface area contributed by atoms with Gasteiger partial charge in [-0.05, 0) is 17.3 Å². The lowest BCUT2D eigenvalue weighted by atomic mass is 10.2. The molecule has 1 aromatic heterocycles. The number of hydrogen-bond donors (Lipinski definition) is 0. The Bertz CT molecular complexity index is 342. The summed E-state index contributed by atoms with van der Waals surface area (Å²) in [4.78, 5) is 13.5. The molecule has 1 atom stereocenters. The van der Waals surface area contributed by atoms with Crippen molar-refractivity contribution >= 4 is 11.6 Å². The quantitative estimate of drug-likeness (QED) is 0.440. The molecule has 0 radical (unpaired) electrons. The number of pyridine rings is 1. The average Bonchev–Trinajstić information content (AvgIpc) is 2.15. The van der Waals surface area contributed by atoms with Gasteiger partial charge in [0.05, 0.1) is 11.3 Å². The van der Waals surface area contributed by atoms with Crippen LogP contribution in [0.25, 0.3) is 0 Å². The Morgan fingerprint density at radius 2 is 2.14 bits per heavy atom. The van der Waals surface area contributed by atoms with Crippen molar-refractivity contribution < 1.29 is 13.2 Å². The van der Waals surface area contributed by atoms with Crippen molar-refractivity contribution in [1.29, 1.82) is 0 Å². The van der Waals surface area contributed by atoms with E-state index in [0.29, 0.717) is 6.07 Å². The Kier molecular flexibility index (Phi) is 3.05. The molecule has 0 bridgehead atoms. The Labute approximate surface area is 81.9 Å². The fourth-order valence-electron chi connectivity index (χ4n) is 0.809. The number of nitroso groups, excluding NO2 is 1. The van der Waals surface area contributed by atoms with E-state index in [1.165, 1.54) is 0 Å². The summed E-state index contributed by atoms with van der Waals surface area (Å²) >= 11 is 5.30. The second-order valence-electron chi connectivity index (χ2n) is 2.41. The molecule has 0 saturated heterocycles. The smallest absolute Gasteiger partial charge is 0.258 e. The maximum atomic E-state index is 12.2. The average molecular weight is 225 g/mol. The third kappa shape index (κ3) is 2.41. The molecule has 0 aliphatic rings. The van der Waals surface area contributed by atoms with E-state index in [1.807, 2.05) is 0 Å². The molecular weight excluding hydrogens is 221 g/mol. The standard InChI is InChI=1S/C7H4ClF3N2O/c8-6(13-14)5-3-4(1-2-12-5)7(9,10)11/h1-3,6H. The summed E-state index contributed by atoms with van der Waals surface area (Å²) < 4.78 is 36.5. The summed E-state index contributed by atoms with van der Waals surface area (Å²) in [5.41, 5.74) is -2.51. The summed E-state index contributed by atoms with van der Waals surface area (Å²) in [6.07, 6.45) is -3.55. The minimum atomic E-state index is -4.48. The molecule has 1 unspecified atom stereocenters. The van der Waals surface area contributed by atoms with Gasteiger partial charge in [-0.3, -0.25) is 4.98 Å². The fourth-order valence-corrected chi connectivity index (χ4v) is 0.928. The fraction of sp³-hybridized carbons (Fsp3) is 0.286. The van der Waals surface area contributed by atoms with Crippen LogP contribution in [0, 0.1) is 4.91 Å². The zero-order valence-corrected chi connectivity index (χ0v) is 7.38. The van der Waals surface area contributed by atoms with E-state index in [9.17, 15) is 18.1 Å². The highest BCUT2D eigenvalue weighted by Gasteiger charge is 2.31. The van der Waals surface area contributed by atoms with Crippen LogP contribution in [-0.2, 0) is 6.18 Å². The molecule has 0 aliphatic carbocycles. The summed E-state index contributed by atoms with van der Waals surface area (Å²) in [6.45, 7) is 0. The first-order valence-electron chi connectivity index (χ1n) is 3.45. The second kappa shape index (κ2) is 3.91. The Morgan fingerprint density at radius 1 is 1.50 bits per heavy atom. The van der Waals surface area contributed by atoms with E-state index in [2.05, 4.69) is 10.2 Å². The molecule has 0 amide bonds. The first kappa shape index (κ1) is 10.9. The summed E-state index contributed by atoms with van der Waals surface area (Å²) in [6, 6.07) is 1.48. The maximum Gasteiger partial charge on any atom is 0.416 e. The molecule has 14 heavy (non-hydrogen) atoms. The predicted octanol–water partition coefficient (Wildman–Crippen LogP) is 3.10. The first-order valence-corrected chi connectivity index (χ1v) is 3.88. The molecule has 1 rings (SSSR count). The van der Waals surface area contributed by atoms with Crippen molar-refractivity contribution in [2.24, 2.45) is 5.18 Å². The lowest BCUT2D eigenvalue weighted by Crippen LogP contribution is -2.06. The highest BCUT2D eigenvalue weighted by Crippen LogP contribution is 2.31. The second-order valence-corrected chi connectivity index (χ2v) is 2.82. The van der Waals surface area contributed by atoms with Crippen LogP contribution in [0.4, 0.5) is 13.2 Å². The van der Waals surface area contributed by atoms with Crippen LogP contribution in [0.3, 0.4) is 0 Å². The van der Waals surface area contributed by atoms with Gasteiger partial charge in [0.15, 0.2) is 0 Å². The van der Waals surface area contributed by atoms with Crippen LogP contribution >= 0.6 is 11.6 Å². The summed E-state index contributed by atoms with van der Waals surface area (Å²) in [7, 11) is 0. The van der Waals surface area contributed by atoms with Crippen LogP contribution in [0.2, 0.25) is 0 Å². The van der Waals surface area contributed by atoms with E-state index in [-0.39, 0.29) is 5.69 Å². The number of alkyl halides is 4. The number of rotatable bonds is 2. The number of nitrogens with zero attached hydrogens (tertiary/aromatic N) is 2. The minimum Gasteiger partial charge on any atom is -0.258 e. The highest BCUT2D eigenvalue weighted by molar-refractivity contribution is 6.20. The first-order chi connectivity index (χ1) is 6.45. The minimum absolute atomic E-state index is 0.212. The van der Waals surface area contributed by atoms with Crippen molar-refractivity contribution in [3.05, 3.63) is 34.5 Å². The predicted molar refractivity (Wildman–Crippen MR) is 43.6 cm³/mol.